The lowest BCUT2D eigenvalue weighted by Crippen LogP contribution is -2.13. The van der Waals surface area contributed by atoms with Crippen LogP contribution < -0.4 is 4.74 Å². The Balaban J connectivity index is 1.96. The van der Waals surface area contributed by atoms with Crippen LogP contribution in [0.3, 0.4) is 0 Å². The van der Waals surface area contributed by atoms with Gasteiger partial charge in [0.25, 0.3) is 0 Å². The van der Waals surface area contributed by atoms with E-state index in [1.165, 1.54) is 12.1 Å². The van der Waals surface area contributed by atoms with Gasteiger partial charge in [-0.1, -0.05) is 12.1 Å². The van der Waals surface area contributed by atoms with E-state index in [9.17, 15) is 18.3 Å². The van der Waals surface area contributed by atoms with Gasteiger partial charge in [-0.3, -0.25) is 0 Å². The SMILES string of the molecule is OC(CC(F)(F)F)c1ccc(OC2CC2)cc1. The van der Waals surface area contributed by atoms with E-state index < -0.39 is 18.7 Å². The molecule has 1 unspecified atom stereocenters. The average Bonchev–Trinajstić information content (AvgIpc) is 3.00. The number of rotatable bonds is 4. The van der Waals surface area contributed by atoms with Crippen molar-refractivity contribution in [2.45, 2.75) is 37.6 Å². The summed E-state index contributed by atoms with van der Waals surface area (Å²) in [6, 6.07) is 6.11. The summed E-state index contributed by atoms with van der Waals surface area (Å²) in [6.07, 6.45) is -4.79. The van der Waals surface area contributed by atoms with E-state index in [4.69, 9.17) is 4.74 Å². The van der Waals surface area contributed by atoms with E-state index in [-0.39, 0.29) is 11.7 Å². The molecule has 17 heavy (non-hydrogen) atoms. The monoisotopic (exact) mass is 246 g/mol. The first kappa shape index (κ1) is 12.2. The molecular formula is C12H13F3O2. The Morgan fingerprint density at radius 2 is 1.82 bits per heavy atom. The lowest BCUT2D eigenvalue weighted by molar-refractivity contribution is -0.154. The van der Waals surface area contributed by atoms with Gasteiger partial charge in [0, 0.05) is 0 Å². The third-order valence-electron chi connectivity index (χ3n) is 2.52. The highest BCUT2D eigenvalue weighted by atomic mass is 19.4. The zero-order valence-corrected chi connectivity index (χ0v) is 9.07. The maximum absolute atomic E-state index is 12.1. The molecule has 2 rings (SSSR count). The zero-order valence-electron chi connectivity index (χ0n) is 9.07. The number of alkyl halides is 3. The first-order valence-electron chi connectivity index (χ1n) is 5.45. The fourth-order valence-corrected chi connectivity index (χ4v) is 1.48. The Bertz CT molecular complexity index is 368. The highest BCUT2D eigenvalue weighted by Crippen LogP contribution is 2.31. The summed E-state index contributed by atoms with van der Waals surface area (Å²) < 4.78 is 41.7. The van der Waals surface area contributed by atoms with Crippen molar-refractivity contribution in [3.8, 4) is 5.75 Å². The zero-order chi connectivity index (χ0) is 12.5. The summed E-state index contributed by atoms with van der Waals surface area (Å²) >= 11 is 0. The molecule has 1 saturated carbocycles. The van der Waals surface area contributed by atoms with Crippen LogP contribution in [0.4, 0.5) is 13.2 Å². The van der Waals surface area contributed by atoms with Gasteiger partial charge >= 0.3 is 6.18 Å². The van der Waals surface area contributed by atoms with Crippen LogP contribution in [0, 0.1) is 0 Å². The molecule has 1 aliphatic rings. The van der Waals surface area contributed by atoms with E-state index in [2.05, 4.69) is 0 Å². The van der Waals surface area contributed by atoms with Gasteiger partial charge in [-0.2, -0.15) is 13.2 Å². The molecule has 1 fully saturated rings. The minimum absolute atomic E-state index is 0.251. The Morgan fingerprint density at radius 1 is 1.24 bits per heavy atom. The van der Waals surface area contributed by atoms with Crippen molar-refractivity contribution < 1.29 is 23.0 Å². The molecule has 0 amide bonds. The number of ether oxygens (including phenoxy) is 1. The van der Waals surface area contributed by atoms with Crippen LogP contribution in [0.2, 0.25) is 0 Å². The van der Waals surface area contributed by atoms with Crippen molar-refractivity contribution in [1.29, 1.82) is 0 Å². The number of benzene rings is 1. The van der Waals surface area contributed by atoms with Gasteiger partial charge < -0.3 is 9.84 Å². The summed E-state index contributed by atoms with van der Waals surface area (Å²) in [5, 5.41) is 9.38. The predicted molar refractivity (Wildman–Crippen MR) is 55.7 cm³/mol. The third-order valence-corrected chi connectivity index (χ3v) is 2.52. The lowest BCUT2D eigenvalue weighted by Gasteiger charge is -2.14. The summed E-state index contributed by atoms with van der Waals surface area (Å²) in [5.41, 5.74) is 0.255. The summed E-state index contributed by atoms with van der Waals surface area (Å²) in [4.78, 5) is 0. The van der Waals surface area contributed by atoms with Crippen LogP contribution in [0.25, 0.3) is 0 Å². The Labute approximate surface area is 97.0 Å². The van der Waals surface area contributed by atoms with Gasteiger partial charge in [-0.25, -0.2) is 0 Å². The van der Waals surface area contributed by atoms with Gasteiger partial charge in [-0.05, 0) is 30.5 Å². The minimum atomic E-state index is -4.36. The van der Waals surface area contributed by atoms with Crippen molar-refractivity contribution in [3.05, 3.63) is 29.8 Å². The molecule has 1 aliphatic carbocycles. The quantitative estimate of drug-likeness (QED) is 0.883. The maximum atomic E-state index is 12.1. The van der Waals surface area contributed by atoms with Crippen molar-refractivity contribution in [1.82, 2.24) is 0 Å². The maximum Gasteiger partial charge on any atom is 0.391 e. The second kappa shape index (κ2) is 4.56. The predicted octanol–water partition coefficient (Wildman–Crippen LogP) is 3.21. The topological polar surface area (TPSA) is 29.5 Å². The highest BCUT2D eigenvalue weighted by molar-refractivity contribution is 5.29. The highest BCUT2D eigenvalue weighted by Gasteiger charge is 2.31. The molecule has 0 aromatic heterocycles. The third kappa shape index (κ3) is 3.93. The van der Waals surface area contributed by atoms with Crippen LogP contribution in [0.5, 0.6) is 5.75 Å². The molecule has 0 bridgehead atoms. The van der Waals surface area contributed by atoms with Crippen molar-refractivity contribution in [2.75, 3.05) is 0 Å². The Hall–Kier alpha value is -1.23. The first-order chi connectivity index (χ1) is 7.94. The smallest absolute Gasteiger partial charge is 0.391 e. The first-order valence-corrected chi connectivity index (χ1v) is 5.45. The summed E-state index contributed by atoms with van der Waals surface area (Å²) in [5.74, 6) is 0.635. The molecule has 1 N–H and O–H groups in total. The molecule has 0 saturated heterocycles. The van der Waals surface area contributed by atoms with Crippen LogP contribution in [-0.4, -0.2) is 17.4 Å². The Morgan fingerprint density at radius 3 is 2.29 bits per heavy atom. The number of aliphatic hydroxyl groups is 1. The molecule has 1 aromatic carbocycles. The van der Waals surface area contributed by atoms with Crippen molar-refractivity contribution in [2.24, 2.45) is 0 Å². The van der Waals surface area contributed by atoms with Crippen molar-refractivity contribution in [3.63, 3.8) is 0 Å². The number of hydrogen-bond donors (Lipinski definition) is 1. The Kier molecular flexibility index (Phi) is 3.28. The van der Waals surface area contributed by atoms with Crippen LogP contribution in [0.15, 0.2) is 24.3 Å². The molecule has 0 aliphatic heterocycles. The number of aliphatic hydroxyl groups excluding tert-OH is 1. The summed E-state index contributed by atoms with van der Waals surface area (Å²) in [7, 11) is 0. The van der Waals surface area contributed by atoms with Crippen LogP contribution >= 0.6 is 0 Å². The average molecular weight is 246 g/mol. The molecule has 1 atom stereocenters. The van der Waals surface area contributed by atoms with Crippen molar-refractivity contribution >= 4 is 0 Å². The molecule has 94 valence electrons. The van der Waals surface area contributed by atoms with E-state index in [0.717, 1.165) is 12.8 Å². The standard InChI is InChI=1S/C12H13F3O2/c13-12(14,15)7-11(16)8-1-3-9(4-2-8)17-10-5-6-10/h1-4,10-11,16H,5-7H2. The largest absolute Gasteiger partial charge is 0.490 e. The van der Waals surface area contributed by atoms with E-state index in [1.807, 2.05) is 0 Å². The normalized spacial score (nSPS) is 17.9. The van der Waals surface area contributed by atoms with Crippen LogP contribution in [-0.2, 0) is 0 Å². The van der Waals surface area contributed by atoms with E-state index in [0.29, 0.717) is 5.75 Å². The molecule has 5 heteroatoms. The van der Waals surface area contributed by atoms with Gasteiger partial charge in [0.05, 0.1) is 18.6 Å². The van der Waals surface area contributed by atoms with Gasteiger partial charge in [0.2, 0.25) is 0 Å². The summed E-state index contributed by atoms with van der Waals surface area (Å²) in [6.45, 7) is 0. The van der Waals surface area contributed by atoms with E-state index in [1.54, 1.807) is 12.1 Å². The molecule has 2 nitrogen and oxygen atoms in total. The molecule has 1 aromatic rings. The van der Waals surface area contributed by atoms with E-state index >= 15 is 0 Å². The fraction of sp³-hybridized carbons (Fsp3) is 0.500. The molecule has 0 radical (unpaired) electrons. The lowest BCUT2D eigenvalue weighted by atomic mass is 10.1. The molecule has 0 spiro atoms. The fourth-order valence-electron chi connectivity index (χ4n) is 1.48. The minimum Gasteiger partial charge on any atom is -0.490 e. The van der Waals surface area contributed by atoms with Crippen LogP contribution in [0.1, 0.15) is 30.9 Å². The second-order valence-corrected chi connectivity index (χ2v) is 4.22. The second-order valence-electron chi connectivity index (χ2n) is 4.22. The molecular weight excluding hydrogens is 233 g/mol. The van der Waals surface area contributed by atoms with Gasteiger partial charge in [0.15, 0.2) is 0 Å². The molecule has 0 heterocycles. The van der Waals surface area contributed by atoms with Gasteiger partial charge in [0.1, 0.15) is 5.75 Å². The number of halogens is 3. The van der Waals surface area contributed by atoms with Gasteiger partial charge in [-0.15, -0.1) is 0 Å². The number of hydrogen-bond acceptors (Lipinski definition) is 2.